The molecule has 0 radical (unpaired) electrons. The summed E-state index contributed by atoms with van der Waals surface area (Å²) in [6.45, 7) is 0. The maximum Gasteiger partial charge on any atom is 1.00 e. The SMILES string of the molecule is Nc1ncc(CS(=O)[O-])s1.[Na+]. The molecule has 0 saturated heterocycles. The Labute approximate surface area is 92.8 Å². The number of nitrogens with two attached hydrogens (primary N) is 1. The molecule has 0 aliphatic rings. The molecule has 1 atom stereocenters. The Balaban J connectivity index is 0.000001000. The topological polar surface area (TPSA) is 79.0 Å². The monoisotopic (exact) mass is 200 g/mol. The summed E-state index contributed by atoms with van der Waals surface area (Å²) in [6, 6.07) is 0. The van der Waals surface area contributed by atoms with E-state index in [9.17, 15) is 8.76 Å². The van der Waals surface area contributed by atoms with E-state index in [-0.39, 0.29) is 35.3 Å². The smallest absolute Gasteiger partial charge is 0.772 e. The summed E-state index contributed by atoms with van der Waals surface area (Å²) in [5, 5.41) is 0.403. The summed E-state index contributed by atoms with van der Waals surface area (Å²) >= 11 is -0.849. The Kier molecular flexibility index (Phi) is 5.49. The first kappa shape index (κ1) is 11.5. The van der Waals surface area contributed by atoms with Crippen molar-refractivity contribution in [3.05, 3.63) is 11.1 Å². The molecule has 0 saturated carbocycles. The van der Waals surface area contributed by atoms with Crippen LogP contribution in [0.4, 0.5) is 5.13 Å². The number of nitrogens with zero attached hydrogens (tertiary/aromatic N) is 1. The van der Waals surface area contributed by atoms with E-state index in [2.05, 4.69) is 4.98 Å². The zero-order valence-electron chi connectivity index (χ0n) is 5.94. The fourth-order valence-electron chi connectivity index (χ4n) is 0.506. The minimum atomic E-state index is -2.04. The fourth-order valence-corrected chi connectivity index (χ4v) is 1.82. The van der Waals surface area contributed by atoms with Gasteiger partial charge in [-0.2, -0.15) is 0 Å². The van der Waals surface area contributed by atoms with Gasteiger partial charge in [-0.15, -0.1) is 11.3 Å². The summed E-state index contributed by atoms with van der Waals surface area (Å²) in [6.07, 6.45) is 1.47. The average Bonchev–Trinajstić information content (AvgIpc) is 2.13. The van der Waals surface area contributed by atoms with Crippen LogP contribution in [0.5, 0.6) is 0 Å². The van der Waals surface area contributed by atoms with Gasteiger partial charge in [0, 0.05) is 16.8 Å². The first-order valence-corrected chi connectivity index (χ1v) is 4.50. The number of nitrogen functional groups attached to an aromatic ring is 1. The molecule has 1 unspecified atom stereocenters. The number of thiazole rings is 1. The summed E-state index contributed by atoms with van der Waals surface area (Å²) in [4.78, 5) is 4.36. The van der Waals surface area contributed by atoms with E-state index in [1.54, 1.807) is 0 Å². The van der Waals surface area contributed by atoms with Gasteiger partial charge < -0.3 is 10.3 Å². The second kappa shape index (κ2) is 5.23. The van der Waals surface area contributed by atoms with Gasteiger partial charge in [-0.3, -0.25) is 4.21 Å². The van der Waals surface area contributed by atoms with E-state index < -0.39 is 11.1 Å². The Morgan fingerprint density at radius 2 is 2.45 bits per heavy atom. The Bertz CT molecular complexity index is 252. The first-order valence-electron chi connectivity index (χ1n) is 2.44. The van der Waals surface area contributed by atoms with E-state index in [0.29, 0.717) is 10.0 Å². The van der Waals surface area contributed by atoms with Crippen molar-refractivity contribution in [1.82, 2.24) is 4.98 Å². The van der Waals surface area contributed by atoms with E-state index in [0.717, 1.165) is 0 Å². The Hall–Kier alpha value is 0.540. The molecule has 1 heterocycles. The standard InChI is InChI=1S/C4H6N2O2S2.Na/c5-4-6-1-3(9-4)2-10(7)8;/h1H,2H2,(H2,5,6)(H,7,8);/q;+1/p-1. The molecule has 0 aliphatic heterocycles. The van der Waals surface area contributed by atoms with Crippen molar-refractivity contribution >= 4 is 27.5 Å². The largest absolute Gasteiger partial charge is 1.00 e. The molecule has 0 bridgehead atoms. The molecule has 1 aromatic heterocycles. The number of aromatic nitrogens is 1. The van der Waals surface area contributed by atoms with Crippen LogP contribution in [0.3, 0.4) is 0 Å². The second-order valence-corrected chi connectivity index (χ2v) is 3.66. The van der Waals surface area contributed by atoms with E-state index in [1.807, 2.05) is 0 Å². The van der Waals surface area contributed by atoms with Crippen LogP contribution in [0.2, 0.25) is 0 Å². The molecule has 0 spiro atoms. The third-order valence-corrected chi connectivity index (χ3v) is 2.39. The van der Waals surface area contributed by atoms with Gasteiger partial charge in [0.2, 0.25) is 0 Å². The van der Waals surface area contributed by atoms with Crippen LogP contribution in [0.15, 0.2) is 6.20 Å². The first-order chi connectivity index (χ1) is 4.68. The van der Waals surface area contributed by atoms with Crippen molar-refractivity contribution in [2.24, 2.45) is 0 Å². The van der Waals surface area contributed by atoms with Gasteiger partial charge in [0.25, 0.3) is 0 Å². The summed E-state index contributed by atoms with van der Waals surface area (Å²) in [7, 11) is 0. The number of hydrogen-bond donors (Lipinski definition) is 1. The molecule has 4 nitrogen and oxygen atoms in total. The van der Waals surface area contributed by atoms with Gasteiger partial charge in [0.15, 0.2) is 5.13 Å². The summed E-state index contributed by atoms with van der Waals surface area (Å²) < 4.78 is 20.2. The molecule has 1 rings (SSSR count). The maximum atomic E-state index is 10.1. The van der Waals surface area contributed by atoms with Crippen molar-refractivity contribution < 1.29 is 38.3 Å². The third kappa shape index (κ3) is 4.19. The molecule has 2 N–H and O–H groups in total. The van der Waals surface area contributed by atoms with Crippen molar-refractivity contribution in [3.8, 4) is 0 Å². The molecule has 0 fully saturated rings. The van der Waals surface area contributed by atoms with E-state index in [4.69, 9.17) is 5.73 Å². The molecule has 0 aliphatic carbocycles. The van der Waals surface area contributed by atoms with Crippen LogP contribution in [-0.2, 0) is 16.8 Å². The van der Waals surface area contributed by atoms with Crippen molar-refractivity contribution in [1.29, 1.82) is 0 Å². The molecule has 0 amide bonds. The Morgan fingerprint density at radius 3 is 2.82 bits per heavy atom. The molecule has 7 heteroatoms. The third-order valence-electron chi connectivity index (χ3n) is 0.832. The predicted molar refractivity (Wildman–Crippen MR) is 39.2 cm³/mol. The zero-order valence-corrected chi connectivity index (χ0v) is 9.58. The Morgan fingerprint density at radius 1 is 1.82 bits per heavy atom. The number of anilines is 1. The minimum absolute atomic E-state index is 0. The van der Waals surface area contributed by atoms with Crippen LogP contribution in [0.25, 0.3) is 0 Å². The molecule has 0 aromatic carbocycles. The van der Waals surface area contributed by atoms with Gasteiger partial charge in [-0.25, -0.2) is 4.98 Å². The van der Waals surface area contributed by atoms with Crippen LogP contribution >= 0.6 is 11.3 Å². The van der Waals surface area contributed by atoms with Gasteiger partial charge >= 0.3 is 29.6 Å². The molecule has 1 aromatic rings. The average molecular weight is 200 g/mol. The fraction of sp³-hybridized carbons (Fsp3) is 0.250. The second-order valence-electron chi connectivity index (χ2n) is 1.61. The minimum Gasteiger partial charge on any atom is -0.772 e. The quantitative estimate of drug-likeness (QED) is 0.410. The predicted octanol–water partition coefficient (Wildman–Crippen LogP) is -2.89. The van der Waals surface area contributed by atoms with Crippen LogP contribution in [0, 0.1) is 0 Å². The molecule has 56 valence electrons. The van der Waals surface area contributed by atoms with E-state index >= 15 is 0 Å². The summed E-state index contributed by atoms with van der Waals surface area (Å²) in [5.74, 6) is 0.00880. The van der Waals surface area contributed by atoms with Gasteiger partial charge in [-0.1, -0.05) is 0 Å². The maximum absolute atomic E-state index is 10.1. The van der Waals surface area contributed by atoms with Crippen LogP contribution in [0.1, 0.15) is 4.88 Å². The number of hydrogen-bond acceptors (Lipinski definition) is 5. The molecular formula is C4H5N2NaO2S2. The van der Waals surface area contributed by atoms with E-state index in [1.165, 1.54) is 17.5 Å². The molecular weight excluding hydrogens is 195 g/mol. The van der Waals surface area contributed by atoms with Gasteiger partial charge in [0.05, 0.1) is 0 Å². The van der Waals surface area contributed by atoms with Crippen molar-refractivity contribution in [2.45, 2.75) is 5.75 Å². The van der Waals surface area contributed by atoms with Crippen molar-refractivity contribution in [3.63, 3.8) is 0 Å². The van der Waals surface area contributed by atoms with Gasteiger partial charge in [0.1, 0.15) is 0 Å². The van der Waals surface area contributed by atoms with Crippen molar-refractivity contribution in [2.75, 3.05) is 5.73 Å². The van der Waals surface area contributed by atoms with Gasteiger partial charge in [-0.05, 0) is 11.1 Å². The molecule has 11 heavy (non-hydrogen) atoms. The number of rotatable bonds is 2. The normalized spacial score (nSPS) is 12.1. The van der Waals surface area contributed by atoms with Crippen LogP contribution < -0.4 is 35.3 Å². The summed E-state index contributed by atoms with van der Waals surface area (Å²) in [5.41, 5.74) is 5.26. The zero-order chi connectivity index (χ0) is 7.56. The van der Waals surface area contributed by atoms with Crippen LogP contribution in [-0.4, -0.2) is 13.7 Å².